The molecule has 4 nitrogen and oxygen atoms in total. The maximum absolute atomic E-state index is 5.69. The van der Waals surface area contributed by atoms with Crippen molar-refractivity contribution in [2.45, 2.75) is 9.92 Å². The number of rotatable bonds is 2. The Bertz CT molecular complexity index is 563. The lowest BCUT2D eigenvalue weighted by Crippen LogP contribution is -2.15. The van der Waals surface area contributed by atoms with Crippen molar-refractivity contribution < 1.29 is 9.47 Å². The highest BCUT2D eigenvalue weighted by molar-refractivity contribution is 7.99. The Morgan fingerprint density at radius 1 is 1.00 bits per heavy atom. The van der Waals surface area contributed by atoms with Crippen molar-refractivity contribution in [3.8, 4) is 11.5 Å². The minimum atomic E-state index is 0.390. The fourth-order valence-corrected chi connectivity index (χ4v) is 2.43. The van der Waals surface area contributed by atoms with Gasteiger partial charge in [0, 0.05) is 4.90 Å². The van der Waals surface area contributed by atoms with E-state index in [0.717, 1.165) is 21.4 Å². The molecule has 0 fully saturated rings. The van der Waals surface area contributed by atoms with Crippen LogP contribution in [-0.2, 0) is 0 Å². The van der Waals surface area contributed by atoms with Gasteiger partial charge in [-0.25, -0.2) is 0 Å². The maximum Gasteiger partial charge on any atom is 0.162 e. The lowest BCUT2D eigenvalue weighted by Gasteiger charge is -2.18. The van der Waals surface area contributed by atoms with Gasteiger partial charge in [0.25, 0.3) is 0 Å². The summed E-state index contributed by atoms with van der Waals surface area (Å²) in [7, 11) is 0. The molecule has 0 bridgehead atoms. The van der Waals surface area contributed by atoms with E-state index in [4.69, 9.17) is 21.1 Å². The number of halogens is 1. The van der Waals surface area contributed by atoms with Crippen molar-refractivity contribution in [2.75, 3.05) is 13.2 Å². The summed E-state index contributed by atoms with van der Waals surface area (Å²) in [5.41, 5.74) is 0. The van der Waals surface area contributed by atoms with Gasteiger partial charge in [-0.2, -0.15) is 0 Å². The van der Waals surface area contributed by atoms with Crippen LogP contribution in [-0.4, -0.2) is 23.4 Å². The molecule has 0 radical (unpaired) electrons. The number of benzene rings is 1. The fraction of sp³-hybridized carbons (Fsp3) is 0.167. The molecule has 1 aromatic carbocycles. The molecule has 0 spiro atoms. The van der Waals surface area contributed by atoms with Gasteiger partial charge in [-0.15, -0.1) is 10.2 Å². The highest BCUT2D eigenvalue weighted by Crippen LogP contribution is 2.36. The summed E-state index contributed by atoms with van der Waals surface area (Å²) in [6.45, 7) is 1.18. The zero-order chi connectivity index (χ0) is 12.4. The first kappa shape index (κ1) is 11.6. The minimum Gasteiger partial charge on any atom is -0.486 e. The van der Waals surface area contributed by atoms with Gasteiger partial charge in [-0.3, -0.25) is 0 Å². The van der Waals surface area contributed by atoms with E-state index in [1.165, 1.54) is 11.8 Å². The Hall–Kier alpha value is -1.46. The average Bonchev–Trinajstić information content (AvgIpc) is 2.41. The molecule has 0 unspecified atom stereocenters. The van der Waals surface area contributed by atoms with Crippen LogP contribution in [0.5, 0.6) is 11.5 Å². The lowest BCUT2D eigenvalue weighted by atomic mass is 10.3. The summed E-state index contributed by atoms with van der Waals surface area (Å²) in [4.78, 5) is 1.02. The van der Waals surface area contributed by atoms with Gasteiger partial charge in [0.15, 0.2) is 16.7 Å². The predicted octanol–water partition coefficient (Wildman–Crippen LogP) is 3.05. The average molecular weight is 281 g/mol. The molecule has 0 N–H and O–H groups in total. The summed E-state index contributed by atoms with van der Waals surface area (Å²) in [5.74, 6) is 1.56. The van der Waals surface area contributed by atoms with E-state index in [1.54, 1.807) is 6.07 Å². The SMILES string of the molecule is Clc1ccc(Sc2ccc3c(c2)OCCO3)nn1. The normalized spacial score (nSPS) is 13.4. The third kappa shape index (κ3) is 2.52. The summed E-state index contributed by atoms with van der Waals surface area (Å²) < 4.78 is 11.0. The highest BCUT2D eigenvalue weighted by atomic mass is 35.5. The van der Waals surface area contributed by atoms with Crippen LogP contribution >= 0.6 is 23.4 Å². The Balaban J connectivity index is 1.82. The van der Waals surface area contributed by atoms with Crippen LogP contribution in [0.15, 0.2) is 40.3 Å². The van der Waals surface area contributed by atoms with E-state index in [0.29, 0.717) is 18.4 Å². The number of hydrogen-bond donors (Lipinski definition) is 0. The van der Waals surface area contributed by atoms with Crippen molar-refractivity contribution in [1.29, 1.82) is 0 Å². The standard InChI is InChI=1S/C12H9ClN2O2S/c13-11-3-4-12(15-14-11)18-8-1-2-9-10(7-8)17-6-5-16-9/h1-4,7H,5-6H2. The molecular formula is C12H9ClN2O2S. The van der Waals surface area contributed by atoms with Crippen LogP contribution in [0.1, 0.15) is 0 Å². The number of ether oxygens (including phenoxy) is 2. The first-order valence-electron chi connectivity index (χ1n) is 5.38. The summed E-state index contributed by atoms with van der Waals surface area (Å²) >= 11 is 7.19. The molecule has 2 heterocycles. The molecule has 0 amide bonds. The minimum absolute atomic E-state index is 0.390. The van der Waals surface area contributed by atoms with Crippen molar-refractivity contribution in [3.63, 3.8) is 0 Å². The quantitative estimate of drug-likeness (QED) is 0.846. The second kappa shape index (κ2) is 5.04. The molecule has 0 aliphatic carbocycles. The Morgan fingerprint density at radius 3 is 2.61 bits per heavy atom. The van der Waals surface area contributed by atoms with Crippen molar-refractivity contribution in [2.24, 2.45) is 0 Å². The van der Waals surface area contributed by atoms with Crippen LogP contribution in [0, 0.1) is 0 Å². The molecule has 0 saturated carbocycles. The van der Waals surface area contributed by atoms with Gasteiger partial charge in [-0.05, 0) is 30.3 Å². The van der Waals surface area contributed by atoms with Gasteiger partial charge >= 0.3 is 0 Å². The second-order valence-electron chi connectivity index (χ2n) is 3.60. The zero-order valence-corrected chi connectivity index (χ0v) is 10.9. The molecule has 92 valence electrons. The number of aromatic nitrogens is 2. The molecular weight excluding hydrogens is 272 g/mol. The van der Waals surface area contributed by atoms with E-state index in [9.17, 15) is 0 Å². The zero-order valence-electron chi connectivity index (χ0n) is 9.30. The maximum atomic E-state index is 5.69. The molecule has 2 aromatic rings. The molecule has 1 aliphatic heterocycles. The van der Waals surface area contributed by atoms with Gasteiger partial charge in [0.05, 0.1) is 0 Å². The molecule has 6 heteroatoms. The van der Waals surface area contributed by atoms with E-state index < -0.39 is 0 Å². The summed E-state index contributed by atoms with van der Waals surface area (Å²) in [6, 6.07) is 9.36. The summed E-state index contributed by atoms with van der Waals surface area (Å²) in [6.07, 6.45) is 0. The number of fused-ring (bicyclic) bond motifs is 1. The number of hydrogen-bond acceptors (Lipinski definition) is 5. The Kier molecular flexibility index (Phi) is 3.25. The van der Waals surface area contributed by atoms with E-state index in [2.05, 4.69) is 10.2 Å². The van der Waals surface area contributed by atoms with Crippen LogP contribution in [0.2, 0.25) is 5.15 Å². The molecule has 1 aliphatic rings. The second-order valence-corrected chi connectivity index (χ2v) is 5.08. The monoisotopic (exact) mass is 280 g/mol. The third-order valence-electron chi connectivity index (χ3n) is 2.34. The van der Waals surface area contributed by atoms with Gasteiger partial charge in [0.2, 0.25) is 0 Å². The van der Waals surface area contributed by atoms with Crippen molar-refractivity contribution in [1.82, 2.24) is 10.2 Å². The smallest absolute Gasteiger partial charge is 0.162 e. The van der Waals surface area contributed by atoms with Crippen LogP contribution in [0.4, 0.5) is 0 Å². The van der Waals surface area contributed by atoms with E-state index >= 15 is 0 Å². The molecule has 1 aromatic heterocycles. The first-order valence-corrected chi connectivity index (χ1v) is 6.57. The topological polar surface area (TPSA) is 44.2 Å². The third-order valence-corrected chi connectivity index (χ3v) is 3.46. The van der Waals surface area contributed by atoms with Gasteiger partial charge in [-0.1, -0.05) is 23.4 Å². The Morgan fingerprint density at radius 2 is 1.83 bits per heavy atom. The van der Waals surface area contributed by atoms with Crippen LogP contribution < -0.4 is 9.47 Å². The molecule has 3 rings (SSSR count). The highest BCUT2D eigenvalue weighted by Gasteiger charge is 2.12. The first-order chi connectivity index (χ1) is 8.81. The van der Waals surface area contributed by atoms with Gasteiger partial charge in [0.1, 0.15) is 18.2 Å². The van der Waals surface area contributed by atoms with E-state index in [1.807, 2.05) is 24.3 Å². The van der Waals surface area contributed by atoms with Gasteiger partial charge < -0.3 is 9.47 Å². The van der Waals surface area contributed by atoms with Crippen LogP contribution in [0.25, 0.3) is 0 Å². The fourth-order valence-electron chi connectivity index (χ4n) is 1.57. The predicted molar refractivity (Wildman–Crippen MR) is 68.6 cm³/mol. The van der Waals surface area contributed by atoms with E-state index in [-0.39, 0.29) is 0 Å². The van der Waals surface area contributed by atoms with Crippen molar-refractivity contribution >= 4 is 23.4 Å². The molecule has 18 heavy (non-hydrogen) atoms. The lowest BCUT2D eigenvalue weighted by molar-refractivity contribution is 0.171. The number of nitrogens with zero attached hydrogens (tertiary/aromatic N) is 2. The largest absolute Gasteiger partial charge is 0.486 e. The summed E-state index contributed by atoms with van der Waals surface area (Å²) in [5, 5.41) is 8.97. The Labute approximate surface area is 113 Å². The molecule has 0 atom stereocenters. The molecule has 0 saturated heterocycles. The van der Waals surface area contributed by atoms with Crippen molar-refractivity contribution in [3.05, 3.63) is 35.5 Å². The van der Waals surface area contributed by atoms with Crippen LogP contribution in [0.3, 0.4) is 0 Å².